The molecule has 0 radical (unpaired) electrons. The van der Waals surface area contributed by atoms with Gasteiger partial charge in [0.25, 0.3) is 0 Å². The molecule has 1 aromatic heterocycles. The molecule has 2 aromatic carbocycles. The first-order valence-electron chi connectivity index (χ1n) is 9.35. The van der Waals surface area contributed by atoms with Gasteiger partial charge in [0.1, 0.15) is 11.6 Å². The third-order valence-corrected chi connectivity index (χ3v) is 4.21. The number of anilines is 1. The zero-order valence-corrected chi connectivity index (χ0v) is 15.9. The molecular weight excluding hydrogens is 354 g/mol. The van der Waals surface area contributed by atoms with Gasteiger partial charge in [0.15, 0.2) is 5.82 Å². The van der Waals surface area contributed by atoms with E-state index in [4.69, 9.17) is 10.5 Å². The van der Waals surface area contributed by atoms with Gasteiger partial charge in [0.05, 0.1) is 13.2 Å². The summed E-state index contributed by atoms with van der Waals surface area (Å²) in [5.41, 5.74) is 8.31. The first kappa shape index (κ1) is 19.6. The Morgan fingerprint density at radius 1 is 1.18 bits per heavy atom. The standard InChI is InChI=1S/C21H25N5O2/c1-15-5-4-6-18(13-15)28-12-3-2-7-20(27)23-17-10-8-16(9-11-17)21-24-19(14-22)25-26-21/h4-6,8-11,13H,2-3,7,12,14,22H2,1H3,(H,23,27)(H,24,25,26). The number of amides is 1. The van der Waals surface area contributed by atoms with E-state index in [-0.39, 0.29) is 5.91 Å². The normalized spacial score (nSPS) is 10.6. The van der Waals surface area contributed by atoms with Crippen LogP contribution in [0.4, 0.5) is 5.69 Å². The minimum atomic E-state index is -0.00776. The molecule has 7 heteroatoms. The van der Waals surface area contributed by atoms with Crippen LogP contribution in [-0.4, -0.2) is 27.7 Å². The Morgan fingerprint density at radius 2 is 2.00 bits per heavy atom. The predicted molar refractivity (Wildman–Crippen MR) is 109 cm³/mol. The fourth-order valence-electron chi connectivity index (χ4n) is 2.72. The second kappa shape index (κ2) is 9.66. The first-order valence-corrected chi connectivity index (χ1v) is 9.35. The molecule has 3 rings (SSSR count). The monoisotopic (exact) mass is 379 g/mol. The summed E-state index contributed by atoms with van der Waals surface area (Å²) in [7, 11) is 0. The van der Waals surface area contributed by atoms with Crippen molar-refractivity contribution < 1.29 is 9.53 Å². The van der Waals surface area contributed by atoms with E-state index in [9.17, 15) is 4.79 Å². The Bertz CT molecular complexity index is 905. The molecule has 7 nitrogen and oxygen atoms in total. The number of aromatic nitrogens is 3. The fourth-order valence-corrected chi connectivity index (χ4v) is 2.72. The highest BCUT2D eigenvalue weighted by Gasteiger charge is 2.06. The molecule has 1 amide bonds. The molecule has 0 atom stereocenters. The van der Waals surface area contributed by atoms with E-state index in [1.54, 1.807) is 0 Å². The van der Waals surface area contributed by atoms with Crippen molar-refractivity contribution in [2.75, 3.05) is 11.9 Å². The first-order chi connectivity index (χ1) is 13.6. The number of hydrogen-bond acceptors (Lipinski definition) is 5. The lowest BCUT2D eigenvalue weighted by Crippen LogP contribution is -2.11. The molecule has 0 unspecified atom stereocenters. The third-order valence-electron chi connectivity index (χ3n) is 4.21. The molecular formula is C21H25N5O2. The Hall–Kier alpha value is -3.19. The summed E-state index contributed by atoms with van der Waals surface area (Å²) in [6.07, 6.45) is 2.06. The molecule has 0 aliphatic rings. The van der Waals surface area contributed by atoms with Crippen molar-refractivity contribution in [2.45, 2.75) is 32.7 Å². The van der Waals surface area contributed by atoms with E-state index in [1.165, 1.54) is 5.56 Å². The van der Waals surface area contributed by atoms with Gasteiger partial charge in [-0.15, -0.1) is 0 Å². The second-order valence-electron chi connectivity index (χ2n) is 6.56. The van der Waals surface area contributed by atoms with Crippen molar-refractivity contribution in [3.63, 3.8) is 0 Å². The van der Waals surface area contributed by atoms with Crippen LogP contribution in [-0.2, 0) is 11.3 Å². The lowest BCUT2D eigenvalue weighted by atomic mass is 10.2. The maximum absolute atomic E-state index is 12.1. The maximum atomic E-state index is 12.1. The maximum Gasteiger partial charge on any atom is 0.224 e. The van der Waals surface area contributed by atoms with Gasteiger partial charge in [0.2, 0.25) is 5.91 Å². The highest BCUT2D eigenvalue weighted by atomic mass is 16.5. The SMILES string of the molecule is Cc1cccc(OCCCCC(=O)Nc2ccc(-c3n[nH]c(CN)n3)cc2)c1. The van der Waals surface area contributed by atoms with Crippen LogP contribution in [0.25, 0.3) is 11.4 Å². The van der Waals surface area contributed by atoms with Crippen LogP contribution in [0.5, 0.6) is 5.75 Å². The van der Waals surface area contributed by atoms with Gasteiger partial charge in [-0.05, 0) is 61.7 Å². The highest BCUT2D eigenvalue weighted by Crippen LogP contribution is 2.18. The topological polar surface area (TPSA) is 106 Å². The molecule has 146 valence electrons. The zero-order chi connectivity index (χ0) is 19.8. The predicted octanol–water partition coefficient (Wildman–Crippen LogP) is 3.43. The lowest BCUT2D eigenvalue weighted by molar-refractivity contribution is -0.116. The molecule has 0 saturated carbocycles. The summed E-state index contributed by atoms with van der Waals surface area (Å²) < 4.78 is 5.70. The largest absolute Gasteiger partial charge is 0.494 e. The summed E-state index contributed by atoms with van der Waals surface area (Å²) in [5, 5.41) is 9.80. The number of nitrogens with one attached hydrogen (secondary N) is 2. The average Bonchev–Trinajstić information content (AvgIpc) is 3.18. The molecule has 0 fully saturated rings. The Kier molecular flexibility index (Phi) is 6.75. The van der Waals surface area contributed by atoms with Crippen molar-refractivity contribution in [3.05, 3.63) is 59.9 Å². The number of carbonyl (C=O) groups excluding carboxylic acids is 1. The van der Waals surface area contributed by atoms with E-state index >= 15 is 0 Å². The van der Waals surface area contributed by atoms with Crippen LogP contribution in [0.3, 0.4) is 0 Å². The summed E-state index contributed by atoms with van der Waals surface area (Å²) in [4.78, 5) is 16.4. The van der Waals surface area contributed by atoms with Gasteiger partial charge >= 0.3 is 0 Å². The Morgan fingerprint density at radius 3 is 2.71 bits per heavy atom. The number of rotatable bonds is 9. The van der Waals surface area contributed by atoms with Crippen molar-refractivity contribution >= 4 is 11.6 Å². The quantitative estimate of drug-likeness (QED) is 0.494. The number of aryl methyl sites for hydroxylation is 1. The average molecular weight is 379 g/mol. The molecule has 1 heterocycles. The van der Waals surface area contributed by atoms with E-state index in [2.05, 4.69) is 20.5 Å². The second-order valence-corrected chi connectivity index (χ2v) is 6.56. The number of nitrogens with zero attached hydrogens (tertiary/aromatic N) is 2. The van der Waals surface area contributed by atoms with Gasteiger partial charge in [-0.2, -0.15) is 5.10 Å². The Labute approximate surface area is 164 Å². The van der Waals surface area contributed by atoms with Crippen molar-refractivity contribution in [3.8, 4) is 17.1 Å². The zero-order valence-electron chi connectivity index (χ0n) is 15.9. The van der Waals surface area contributed by atoms with Crippen LogP contribution < -0.4 is 15.8 Å². The lowest BCUT2D eigenvalue weighted by Gasteiger charge is -2.08. The number of unbranched alkanes of at least 4 members (excludes halogenated alkanes) is 1. The summed E-state index contributed by atoms with van der Waals surface area (Å²) in [5.74, 6) is 2.09. The number of hydrogen-bond donors (Lipinski definition) is 3. The summed E-state index contributed by atoms with van der Waals surface area (Å²) in [6, 6.07) is 15.4. The number of ether oxygens (including phenoxy) is 1. The third kappa shape index (κ3) is 5.65. The van der Waals surface area contributed by atoms with E-state index in [0.29, 0.717) is 31.2 Å². The van der Waals surface area contributed by atoms with Crippen LogP contribution in [0.2, 0.25) is 0 Å². The molecule has 0 aliphatic carbocycles. The number of nitrogens with two attached hydrogens (primary N) is 1. The Balaban J connectivity index is 1.38. The molecule has 0 saturated heterocycles. The van der Waals surface area contributed by atoms with Gasteiger partial charge in [-0.3, -0.25) is 9.89 Å². The molecule has 28 heavy (non-hydrogen) atoms. The fraction of sp³-hybridized carbons (Fsp3) is 0.286. The van der Waals surface area contributed by atoms with E-state index < -0.39 is 0 Å². The number of carbonyl (C=O) groups is 1. The molecule has 0 spiro atoms. The minimum absolute atomic E-state index is 0.00776. The van der Waals surface area contributed by atoms with Gasteiger partial charge < -0.3 is 15.8 Å². The molecule has 3 aromatic rings. The van der Waals surface area contributed by atoms with Crippen molar-refractivity contribution in [1.82, 2.24) is 15.2 Å². The van der Waals surface area contributed by atoms with Gasteiger partial charge in [-0.25, -0.2) is 4.98 Å². The van der Waals surface area contributed by atoms with E-state index in [0.717, 1.165) is 29.8 Å². The summed E-state index contributed by atoms with van der Waals surface area (Å²) >= 11 is 0. The van der Waals surface area contributed by atoms with Crippen molar-refractivity contribution in [2.24, 2.45) is 5.73 Å². The summed E-state index contributed by atoms with van der Waals surface area (Å²) in [6.45, 7) is 2.95. The van der Waals surface area contributed by atoms with Gasteiger partial charge in [-0.1, -0.05) is 12.1 Å². The molecule has 4 N–H and O–H groups in total. The minimum Gasteiger partial charge on any atom is -0.494 e. The number of aromatic amines is 1. The van der Waals surface area contributed by atoms with Crippen LogP contribution in [0, 0.1) is 6.92 Å². The van der Waals surface area contributed by atoms with Crippen molar-refractivity contribution in [1.29, 1.82) is 0 Å². The van der Waals surface area contributed by atoms with Crippen LogP contribution in [0.1, 0.15) is 30.7 Å². The molecule has 0 bridgehead atoms. The highest BCUT2D eigenvalue weighted by molar-refractivity contribution is 5.90. The van der Waals surface area contributed by atoms with Gasteiger partial charge in [0, 0.05) is 17.7 Å². The number of benzene rings is 2. The number of H-pyrrole nitrogens is 1. The molecule has 0 aliphatic heterocycles. The van der Waals surface area contributed by atoms with Crippen LogP contribution >= 0.6 is 0 Å². The van der Waals surface area contributed by atoms with E-state index in [1.807, 2.05) is 55.5 Å². The smallest absolute Gasteiger partial charge is 0.224 e. The van der Waals surface area contributed by atoms with Crippen LogP contribution in [0.15, 0.2) is 48.5 Å².